The Morgan fingerprint density at radius 1 is 1.40 bits per heavy atom. The maximum absolute atomic E-state index is 3.62. The van der Waals surface area contributed by atoms with Gasteiger partial charge in [0.1, 0.15) is 0 Å². The van der Waals surface area contributed by atoms with Crippen LogP contribution in [0, 0.1) is 5.92 Å². The Kier molecular flexibility index (Phi) is 3.17. The molecule has 1 fully saturated rings. The number of rotatable bonds is 3. The number of hydrogen-bond acceptors (Lipinski definition) is 1. The molecule has 82 valence electrons. The molecule has 1 nitrogen and oxygen atoms in total. The molecule has 0 aromatic heterocycles. The van der Waals surface area contributed by atoms with Crippen molar-refractivity contribution in [2.45, 2.75) is 32.2 Å². The zero-order valence-electron chi connectivity index (χ0n) is 9.39. The summed E-state index contributed by atoms with van der Waals surface area (Å²) in [6, 6.07) is 8.53. The summed E-state index contributed by atoms with van der Waals surface area (Å²) in [6.07, 6.45) is 2.43. The van der Waals surface area contributed by atoms with Gasteiger partial charge in [0.2, 0.25) is 0 Å². The Morgan fingerprint density at radius 2 is 2.07 bits per heavy atom. The minimum atomic E-state index is 0.337. The van der Waals surface area contributed by atoms with E-state index >= 15 is 0 Å². The zero-order chi connectivity index (χ0) is 10.9. The van der Waals surface area contributed by atoms with Crippen molar-refractivity contribution < 1.29 is 0 Å². The monoisotopic (exact) mass is 267 g/mol. The van der Waals surface area contributed by atoms with E-state index in [9.17, 15) is 0 Å². The highest BCUT2D eigenvalue weighted by atomic mass is 79.9. The summed E-state index contributed by atoms with van der Waals surface area (Å²) < 4.78 is 1.23. The summed E-state index contributed by atoms with van der Waals surface area (Å²) in [6.45, 7) is 5.79. The Labute approximate surface area is 100 Å². The molecule has 1 unspecified atom stereocenters. The summed E-state index contributed by atoms with van der Waals surface area (Å²) in [5, 5.41) is 3.61. The molecular formula is C13H18BrN. The molecule has 1 heterocycles. The third-order valence-corrected chi connectivity index (χ3v) is 4.39. The first-order valence-electron chi connectivity index (χ1n) is 5.62. The fourth-order valence-corrected chi connectivity index (χ4v) is 2.70. The van der Waals surface area contributed by atoms with Crippen LogP contribution in [0.15, 0.2) is 28.7 Å². The Morgan fingerprint density at radius 3 is 2.53 bits per heavy atom. The first-order valence-corrected chi connectivity index (χ1v) is 6.42. The molecule has 0 saturated carbocycles. The molecule has 0 spiro atoms. The second kappa shape index (κ2) is 4.26. The highest BCUT2D eigenvalue weighted by Crippen LogP contribution is 2.33. The van der Waals surface area contributed by atoms with Gasteiger partial charge in [-0.15, -0.1) is 0 Å². The van der Waals surface area contributed by atoms with Crippen molar-refractivity contribution in [1.29, 1.82) is 0 Å². The van der Waals surface area contributed by atoms with E-state index in [1.165, 1.54) is 23.0 Å². The van der Waals surface area contributed by atoms with Crippen molar-refractivity contribution in [2.24, 2.45) is 5.92 Å². The van der Waals surface area contributed by atoms with Gasteiger partial charge in [-0.25, -0.2) is 0 Å². The van der Waals surface area contributed by atoms with Crippen molar-refractivity contribution in [1.82, 2.24) is 5.32 Å². The van der Waals surface area contributed by atoms with Gasteiger partial charge < -0.3 is 5.32 Å². The van der Waals surface area contributed by atoms with E-state index in [0.717, 1.165) is 6.42 Å². The number of nitrogens with one attached hydrogen (secondary N) is 1. The van der Waals surface area contributed by atoms with Crippen LogP contribution >= 0.6 is 15.9 Å². The van der Waals surface area contributed by atoms with Crippen LogP contribution in [0.4, 0.5) is 0 Å². The summed E-state index contributed by atoms with van der Waals surface area (Å²) in [5.74, 6) is 0.693. The number of benzene rings is 1. The highest BCUT2D eigenvalue weighted by Gasteiger charge is 2.39. The average Bonchev–Trinajstić information content (AvgIpc) is 2.13. The van der Waals surface area contributed by atoms with Gasteiger partial charge in [-0.05, 0) is 36.9 Å². The van der Waals surface area contributed by atoms with E-state index in [0.29, 0.717) is 11.5 Å². The molecule has 2 heteroatoms. The van der Waals surface area contributed by atoms with Crippen LogP contribution in [0.5, 0.6) is 0 Å². The topological polar surface area (TPSA) is 12.0 Å². The van der Waals surface area contributed by atoms with E-state index in [-0.39, 0.29) is 0 Å². The van der Waals surface area contributed by atoms with Crippen LogP contribution in [0.1, 0.15) is 25.8 Å². The van der Waals surface area contributed by atoms with Crippen molar-refractivity contribution >= 4 is 15.9 Å². The van der Waals surface area contributed by atoms with Crippen LogP contribution in [0.3, 0.4) is 0 Å². The summed E-state index contributed by atoms with van der Waals surface area (Å²) in [7, 11) is 0. The van der Waals surface area contributed by atoms with E-state index in [1.54, 1.807) is 0 Å². The molecule has 1 aliphatic heterocycles. The lowest BCUT2D eigenvalue weighted by atomic mass is 9.73. The molecule has 1 atom stereocenters. The van der Waals surface area contributed by atoms with Crippen molar-refractivity contribution in [3.05, 3.63) is 34.3 Å². The molecule has 1 aliphatic rings. The van der Waals surface area contributed by atoms with Gasteiger partial charge in [0.25, 0.3) is 0 Å². The Hall–Kier alpha value is -0.340. The predicted molar refractivity (Wildman–Crippen MR) is 68.0 cm³/mol. The van der Waals surface area contributed by atoms with Crippen LogP contribution in [-0.4, -0.2) is 12.1 Å². The third kappa shape index (κ3) is 2.11. The van der Waals surface area contributed by atoms with Gasteiger partial charge in [0.15, 0.2) is 0 Å². The van der Waals surface area contributed by atoms with Crippen LogP contribution in [0.2, 0.25) is 0 Å². The maximum Gasteiger partial charge on any atom is 0.0257 e. The summed E-state index contributed by atoms with van der Waals surface area (Å²) in [4.78, 5) is 0. The Bertz CT molecular complexity index is 342. The van der Waals surface area contributed by atoms with E-state index < -0.39 is 0 Å². The van der Waals surface area contributed by atoms with Crippen LogP contribution in [-0.2, 0) is 6.42 Å². The van der Waals surface area contributed by atoms with Crippen LogP contribution in [0.25, 0.3) is 0 Å². The minimum Gasteiger partial charge on any atom is -0.311 e. The number of hydrogen-bond donors (Lipinski definition) is 1. The second-order valence-electron chi connectivity index (χ2n) is 4.76. The molecular weight excluding hydrogens is 250 g/mol. The minimum absolute atomic E-state index is 0.337. The lowest BCUT2D eigenvalue weighted by molar-refractivity contribution is 0.139. The fraction of sp³-hybridized carbons (Fsp3) is 0.538. The largest absolute Gasteiger partial charge is 0.311 e. The van der Waals surface area contributed by atoms with Gasteiger partial charge in [0, 0.05) is 10.0 Å². The van der Waals surface area contributed by atoms with E-state index in [2.05, 4.69) is 59.4 Å². The summed E-state index contributed by atoms with van der Waals surface area (Å²) in [5.41, 5.74) is 1.75. The predicted octanol–water partition coefficient (Wildman–Crippen LogP) is 3.38. The van der Waals surface area contributed by atoms with Crippen molar-refractivity contribution in [3.8, 4) is 0 Å². The first kappa shape index (κ1) is 11.2. The number of halogens is 1. The van der Waals surface area contributed by atoms with E-state index in [1.807, 2.05) is 0 Å². The Balaban J connectivity index is 2.17. The smallest absolute Gasteiger partial charge is 0.0257 e. The standard InChI is InChI=1S/C13H18BrN/c1-10(2)13(7-8-15-13)9-11-5-3-4-6-12(11)14/h3-6,10,15H,7-9H2,1-2H3. The second-order valence-corrected chi connectivity index (χ2v) is 5.61. The van der Waals surface area contributed by atoms with Gasteiger partial charge in [-0.3, -0.25) is 0 Å². The third-order valence-electron chi connectivity index (χ3n) is 3.62. The van der Waals surface area contributed by atoms with E-state index in [4.69, 9.17) is 0 Å². The lowest BCUT2D eigenvalue weighted by Gasteiger charge is -2.47. The molecule has 0 radical (unpaired) electrons. The van der Waals surface area contributed by atoms with Crippen molar-refractivity contribution in [2.75, 3.05) is 6.54 Å². The van der Waals surface area contributed by atoms with Gasteiger partial charge in [0.05, 0.1) is 0 Å². The molecule has 0 amide bonds. The van der Waals surface area contributed by atoms with Crippen LogP contribution < -0.4 is 5.32 Å². The summed E-state index contributed by atoms with van der Waals surface area (Å²) >= 11 is 3.62. The molecule has 0 bridgehead atoms. The van der Waals surface area contributed by atoms with Gasteiger partial charge in [-0.1, -0.05) is 48.0 Å². The molecule has 15 heavy (non-hydrogen) atoms. The fourth-order valence-electron chi connectivity index (χ4n) is 2.28. The SMILES string of the molecule is CC(C)C1(Cc2ccccc2Br)CCN1. The van der Waals surface area contributed by atoms with Crippen molar-refractivity contribution in [3.63, 3.8) is 0 Å². The van der Waals surface area contributed by atoms with Gasteiger partial charge >= 0.3 is 0 Å². The molecule has 1 aromatic carbocycles. The molecule has 1 saturated heterocycles. The van der Waals surface area contributed by atoms with Gasteiger partial charge in [-0.2, -0.15) is 0 Å². The zero-order valence-corrected chi connectivity index (χ0v) is 11.0. The quantitative estimate of drug-likeness (QED) is 0.886. The first-order chi connectivity index (χ1) is 7.14. The lowest BCUT2D eigenvalue weighted by Crippen LogP contribution is -2.61. The highest BCUT2D eigenvalue weighted by molar-refractivity contribution is 9.10. The molecule has 0 aliphatic carbocycles. The average molecular weight is 268 g/mol. The molecule has 1 aromatic rings. The normalized spacial score (nSPS) is 25.3. The molecule has 2 rings (SSSR count). The maximum atomic E-state index is 3.62. The molecule has 1 N–H and O–H groups in total.